The van der Waals surface area contributed by atoms with Crippen LogP contribution in [0.15, 0.2) is 47.4 Å². The molecule has 3 rings (SSSR count). The lowest BCUT2D eigenvalue weighted by molar-refractivity contribution is -0.149. The molecule has 6 atom stereocenters. The molecule has 0 aliphatic carbocycles. The molecule has 0 bridgehead atoms. The molecule has 0 spiro atoms. The molecule has 2 heterocycles. The Hall–Kier alpha value is -2.84. The fourth-order valence-corrected chi connectivity index (χ4v) is 4.77. The molecule has 1 aliphatic rings. The number of rotatable bonds is 11. The average molecular weight is 528 g/mol. The minimum atomic E-state index is -4.25. The van der Waals surface area contributed by atoms with Gasteiger partial charge < -0.3 is 24.2 Å². The number of nitrogens with zero attached hydrogens (tertiary/aromatic N) is 2. The molecule has 2 unspecified atom stereocenters. The number of ether oxygens (including phenoxy) is 2. The fourth-order valence-electron chi connectivity index (χ4n) is 3.27. The lowest BCUT2D eigenvalue weighted by atomic mass is 10.1. The molecule has 1 aromatic carbocycles. The third-order valence-electron chi connectivity index (χ3n) is 4.99. The van der Waals surface area contributed by atoms with Crippen LogP contribution in [0.3, 0.4) is 0 Å². The first-order chi connectivity index (χ1) is 17.0. The average Bonchev–Trinajstić information content (AvgIpc) is 3.11. The summed E-state index contributed by atoms with van der Waals surface area (Å²) in [7, 11) is -4.25. The van der Waals surface area contributed by atoms with Crippen molar-refractivity contribution in [2.75, 3.05) is 12.1 Å². The number of hydrogen-bond donors (Lipinski definition) is 5. The van der Waals surface area contributed by atoms with E-state index in [1.807, 2.05) is 0 Å². The van der Waals surface area contributed by atoms with Gasteiger partial charge >= 0.3 is 19.4 Å². The smallest absolute Gasteiger partial charge is 0.459 e. The molecule has 0 saturated carbocycles. The number of nitrogens with one attached hydrogen (secondary N) is 2. The van der Waals surface area contributed by atoms with Crippen molar-refractivity contribution in [3.05, 3.63) is 53.1 Å². The SMILES string of the molecule is CC(C)OC(=O)[C@H](C)NP(=O)(OC[C@H]1O[C@@H](n2ccc(NO)nc2=O)C(O)[C@H]1O)Oc1ccccc1. The highest BCUT2D eigenvalue weighted by Gasteiger charge is 2.46. The number of esters is 1. The van der Waals surface area contributed by atoms with Crippen molar-refractivity contribution >= 4 is 19.5 Å². The molecular weight excluding hydrogens is 499 g/mol. The Kier molecular flexibility index (Phi) is 9.19. The summed E-state index contributed by atoms with van der Waals surface area (Å²) in [4.78, 5) is 28.0. The standard InChI is InChI=1S/C21H29N4O10P/c1-12(2)33-20(28)13(3)24-36(31,35-14-7-5-4-6-8-14)32-11-15-17(26)18(27)19(34-15)25-10-9-16(23-30)22-21(25)29/h4-10,12-13,15,17-19,26-27,30H,11H2,1-3H3,(H,24,31)(H,22,23,29)/t13-,15+,17-,18?,19+,36?/m0/s1. The highest BCUT2D eigenvalue weighted by atomic mass is 31.2. The number of benzene rings is 1. The van der Waals surface area contributed by atoms with Crippen molar-refractivity contribution in [1.29, 1.82) is 0 Å². The second kappa shape index (κ2) is 11.9. The topological polar surface area (TPSA) is 191 Å². The zero-order chi connectivity index (χ0) is 26.5. The minimum absolute atomic E-state index is 0.126. The van der Waals surface area contributed by atoms with E-state index in [9.17, 15) is 24.4 Å². The number of para-hydroxylation sites is 1. The Labute approximate surface area is 206 Å². The number of carbonyl (C=O) groups excluding carboxylic acids is 1. The summed E-state index contributed by atoms with van der Waals surface area (Å²) in [5.74, 6) is -0.635. The summed E-state index contributed by atoms with van der Waals surface area (Å²) in [6.07, 6.45) is -4.88. The van der Waals surface area contributed by atoms with Crippen molar-refractivity contribution in [1.82, 2.24) is 14.6 Å². The Morgan fingerprint density at radius 2 is 1.89 bits per heavy atom. The maximum absolute atomic E-state index is 13.5. The van der Waals surface area contributed by atoms with E-state index in [0.29, 0.717) is 0 Å². The highest BCUT2D eigenvalue weighted by molar-refractivity contribution is 7.52. The molecule has 1 fully saturated rings. The van der Waals surface area contributed by atoms with Crippen LogP contribution in [0.1, 0.15) is 27.0 Å². The number of anilines is 1. The maximum Gasteiger partial charge on any atom is 0.459 e. The normalized spacial score (nSPS) is 24.2. The number of aliphatic hydroxyl groups is 2. The Morgan fingerprint density at radius 1 is 1.19 bits per heavy atom. The van der Waals surface area contributed by atoms with Crippen LogP contribution >= 0.6 is 7.75 Å². The van der Waals surface area contributed by atoms with Gasteiger partial charge in [-0.15, -0.1) is 0 Å². The quantitative estimate of drug-likeness (QED) is 0.156. The summed E-state index contributed by atoms with van der Waals surface area (Å²) < 4.78 is 36.2. The lowest BCUT2D eigenvalue weighted by Crippen LogP contribution is -2.38. The first-order valence-electron chi connectivity index (χ1n) is 11.0. The molecule has 0 amide bonds. The summed E-state index contributed by atoms with van der Waals surface area (Å²) in [5, 5.41) is 32.3. The van der Waals surface area contributed by atoms with Gasteiger partial charge in [-0.3, -0.25) is 24.6 Å². The van der Waals surface area contributed by atoms with Crippen molar-refractivity contribution in [2.45, 2.75) is 57.5 Å². The van der Waals surface area contributed by atoms with E-state index < -0.39 is 62.7 Å². The Balaban J connectivity index is 1.75. The van der Waals surface area contributed by atoms with E-state index in [0.717, 1.165) is 4.57 Å². The van der Waals surface area contributed by atoms with Gasteiger partial charge in [-0.05, 0) is 39.0 Å². The molecule has 15 heteroatoms. The van der Waals surface area contributed by atoms with Crippen LogP contribution in [0.25, 0.3) is 0 Å². The van der Waals surface area contributed by atoms with Gasteiger partial charge in [-0.25, -0.2) is 9.36 Å². The molecule has 14 nitrogen and oxygen atoms in total. The van der Waals surface area contributed by atoms with Crippen molar-refractivity contribution in [2.24, 2.45) is 0 Å². The van der Waals surface area contributed by atoms with E-state index >= 15 is 0 Å². The number of aromatic nitrogens is 2. The van der Waals surface area contributed by atoms with Gasteiger partial charge in [0, 0.05) is 6.20 Å². The zero-order valence-electron chi connectivity index (χ0n) is 19.8. The number of hydrogen-bond acceptors (Lipinski definition) is 12. The maximum atomic E-state index is 13.5. The van der Waals surface area contributed by atoms with Gasteiger partial charge in [0.05, 0.1) is 12.7 Å². The second-order valence-electron chi connectivity index (χ2n) is 8.19. The second-order valence-corrected chi connectivity index (χ2v) is 9.89. The largest absolute Gasteiger partial charge is 0.462 e. The molecule has 5 N–H and O–H groups in total. The van der Waals surface area contributed by atoms with Crippen molar-refractivity contribution < 1.29 is 43.3 Å². The van der Waals surface area contributed by atoms with E-state index in [1.165, 1.54) is 31.3 Å². The third-order valence-corrected chi connectivity index (χ3v) is 6.63. The fraction of sp³-hybridized carbons (Fsp3) is 0.476. The van der Waals surface area contributed by atoms with Crippen LogP contribution in [0, 0.1) is 0 Å². The van der Waals surface area contributed by atoms with Gasteiger partial charge in [0.15, 0.2) is 12.0 Å². The van der Waals surface area contributed by atoms with E-state index in [2.05, 4.69) is 10.1 Å². The predicted octanol–water partition coefficient (Wildman–Crippen LogP) is 0.797. The van der Waals surface area contributed by atoms with Gasteiger partial charge in [0.25, 0.3) is 0 Å². The molecule has 1 saturated heterocycles. The zero-order valence-corrected chi connectivity index (χ0v) is 20.6. The Morgan fingerprint density at radius 3 is 2.50 bits per heavy atom. The van der Waals surface area contributed by atoms with Crippen LogP contribution in [-0.4, -0.2) is 68.0 Å². The van der Waals surface area contributed by atoms with E-state index in [4.69, 9.17) is 23.7 Å². The summed E-state index contributed by atoms with van der Waals surface area (Å²) in [5.41, 5.74) is 0.852. The monoisotopic (exact) mass is 528 g/mol. The molecule has 1 aromatic heterocycles. The van der Waals surface area contributed by atoms with Crippen LogP contribution in [-0.2, 0) is 23.4 Å². The summed E-state index contributed by atoms with van der Waals surface area (Å²) >= 11 is 0. The van der Waals surface area contributed by atoms with Crippen molar-refractivity contribution in [3.8, 4) is 5.75 Å². The molecular formula is C21H29N4O10P. The third kappa shape index (κ3) is 6.89. The van der Waals surface area contributed by atoms with Crippen molar-refractivity contribution in [3.63, 3.8) is 0 Å². The first-order valence-corrected chi connectivity index (χ1v) is 12.6. The van der Waals surface area contributed by atoms with Crippen LogP contribution in [0.5, 0.6) is 5.75 Å². The van der Waals surface area contributed by atoms with Gasteiger partial charge in [-0.2, -0.15) is 10.1 Å². The number of aliphatic hydroxyl groups excluding tert-OH is 2. The highest BCUT2D eigenvalue weighted by Crippen LogP contribution is 2.46. The molecule has 1 aliphatic heterocycles. The van der Waals surface area contributed by atoms with Gasteiger partial charge in [-0.1, -0.05) is 18.2 Å². The minimum Gasteiger partial charge on any atom is -0.462 e. The lowest BCUT2D eigenvalue weighted by Gasteiger charge is -2.25. The predicted molar refractivity (Wildman–Crippen MR) is 124 cm³/mol. The molecule has 2 aromatic rings. The summed E-state index contributed by atoms with van der Waals surface area (Å²) in [6.45, 7) is 4.20. The molecule has 198 valence electrons. The van der Waals surface area contributed by atoms with Crippen LogP contribution in [0.4, 0.5) is 5.82 Å². The van der Waals surface area contributed by atoms with Crippen LogP contribution < -0.4 is 20.8 Å². The Bertz CT molecular complexity index is 1130. The van der Waals surface area contributed by atoms with Gasteiger partial charge in [0.2, 0.25) is 0 Å². The van der Waals surface area contributed by atoms with E-state index in [1.54, 1.807) is 37.5 Å². The summed E-state index contributed by atoms with van der Waals surface area (Å²) in [6, 6.07) is 8.22. The first kappa shape index (κ1) is 27.7. The number of carbonyl (C=O) groups is 1. The molecule has 0 radical (unpaired) electrons. The molecule has 36 heavy (non-hydrogen) atoms. The van der Waals surface area contributed by atoms with Gasteiger partial charge in [0.1, 0.15) is 30.1 Å². The van der Waals surface area contributed by atoms with E-state index in [-0.39, 0.29) is 11.6 Å². The van der Waals surface area contributed by atoms with Crippen LogP contribution in [0.2, 0.25) is 0 Å².